The quantitative estimate of drug-likeness (QED) is 0.702. The molecule has 0 bridgehead atoms. The van der Waals surface area contributed by atoms with Gasteiger partial charge in [-0.25, -0.2) is 0 Å². The molecule has 2 atom stereocenters. The van der Waals surface area contributed by atoms with Crippen molar-refractivity contribution in [1.29, 1.82) is 0 Å². The Balaban J connectivity index is 1.48. The number of para-hydroxylation sites is 2. The first kappa shape index (κ1) is 18.8. The maximum Gasteiger partial charge on any atom is 0.251 e. The molecule has 1 aliphatic rings. The molecule has 0 spiro atoms. The molecule has 1 aliphatic carbocycles. The molecule has 3 rings (SSSR count). The number of amides is 2. The standard InChI is InChI=1S/C21H24N2O4/c1-14-12-17(14)21(25)23-16-7-5-6-15(13-16)20(24)22-10-11-27-19-9-4-3-8-18(19)26-2/h3-9,13-14,17H,10-12H2,1-2H3,(H,22,24)(H,23,25). The van der Waals surface area contributed by atoms with Crippen LogP contribution in [0.25, 0.3) is 0 Å². The molecule has 2 unspecified atom stereocenters. The fourth-order valence-corrected chi connectivity index (χ4v) is 2.83. The first-order valence-corrected chi connectivity index (χ1v) is 9.03. The van der Waals surface area contributed by atoms with E-state index in [9.17, 15) is 9.59 Å². The van der Waals surface area contributed by atoms with E-state index in [1.807, 2.05) is 24.3 Å². The maximum absolute atomic E-state index is 12.3. The molecule has 0 radical (unpaired) electrons. The summed E-state index contributed by atoms with van der Waals surface area (Å²) in [6, 6.07) is 14.3. The molecule has 2 aromatic carbocycles. The lowest BCUT2D eigenvalue weighted by Crippen LogP contribution is -2.28. The van der Waals surface area contributed by atoms with Crippen LogP contribution in [0.2, 0.25) is 0 Å². The van der Waals surface area contributed by atoms with Gasteiger partial charge in [0.2, 0.25) is 5.91 Å². The highest BCUT2D eigenvalue weighted by Gasteiger charge is 2.39. The van der Waals surface area contributed by atoms with Crippen LogP contribution < -0.4 is 20.1 Å². The van der Waals surface area contributed by atoms with Crippen LogP contribution in [-0.4, -0.2) is 32.1 Å². The first-order chi connectivity index (χ1) is 13.1. The predicted molar refractivity (Wildman–Crippen MR) is 103 cm³/mol. The minimum Gasteiger partial charge on any atom is -0.493 e. The van der Waals surface area contributed by atoms with Crippen LogP contribution in [0.5, 0.6) is 11.5 Å². The number of rotatable bonds is 8. The summed E-state index contributed by atoms with van der Waals surface area (Å²) in [6.07, 6.45) is 0.929. The van der Waals surface area contributed by atoms with E-state index in [-0.39, 0.29) is 17.7 Å². The number of hydrogen-bond donors (Lipinski definition) is 2. The highest BCUT2D eigenvalue weighted by molar-refractivity contribution is 5.98. The number of hydrogen-bond acceptors (Lipinski definition) is 4. The van der Waals surface area contributed by atoms with Gasteiger partial charge < -0.3 is 20.1 Å². The molecule has 142 valence electrons. The molecule has 27 heavy (non-hydrogen) atoms. The Morgan fingerprint density at radius 2 is 1.85 bits per heavy atom. The number of methoxy groups -OCH3 is 1. The molecule has 0 saturated heterocycles. The molecule has 0 aliphatic heterocycles. The van der Waals surface area contributed by atoms with Crippen molar-refractivity contribution in [1.82, 2.24) is 5.32 Å². The summed E-state index contributed by atoms with van der Waals surface area (Å²) in [5.74, 6) is 1.62. The zero-order chi connectivity index (χ0) is 19.2. The smallest absolute Gasteiger partial charge is 0.251 e. The van der Waals surface area contributed by atoms with Gasteiger partial charge in [0.1, 0.15) is 6.61 Å². The average molecular weight is 368 g/mol. The second-order valence-corrected chi connectivity index (χ2v) is 6.64. The van der Waals surface area contributed by atoms with Gasteiger partial charge in [-0.1, -0.05) is 25.1 Å². The normalized spacial score (nSPS) is 17.7. The Hall–Kier alpha value is -3.02. The Morgan fingerprint density at radius 1 is 1.11 bits per heavy atom. The highest BCUT2D eigenvalue weighted by atomic mass is 16.5. The summed E-state index contributed by atoms with van der Waals surface area (Å²) in [5, 5.41) is 5.69. The Bertz CT molecular complexity index is 821. The summed E-state index contributed by atoms with van der Waals surface area (Å²) in [5.41, 5.74) is 1.13. The van der Waals surface area contributed by atoms with Crippen LogP contribution in [0, 0.1) is 11.8 Å². The van der Waals surface area contributed by atoms with Crippen molar-refractivity contribution in [2.45, 2.75) is 13.3 Å². The third kappa shape index (κ3) is 5.00. The van der Waals surface area contributed by atoms with Gasteiger partial charge in [-0.05, 0) is 42.7 Å². The van der Waals surface area contributed by atoms with E-state index in [0.717, 1.165) is 6.42 Å². The fraction of sp³-hybridized carbons (Fsp3) is 0.333. The summed E-state index contributed by atoms with van der Waals surface area (Å²) in [6.45, 7) is 2.73. The molecule has 6 heteroatoms. The third-order valence-corrected chi connectivity index (χ3v) is 4.55. The number of carbonyl (C=O) groups excluding carboxylic acids is 2. The average Bonchev–Trinajstić information content (AvgIpc) is 3.42. The van der Waals surface area contributed by atoms with Crippen LogP contribution in [-0.2, 0) is 4.79 Å². The maximum atomic E-state index is 12.3. The number of ether oxygens (including phenoxy) is 2. The van der Waals surface area contributed by atoms with Crippen molar-refractivity contribution in [3.05, 3.63) is 54.1 Å². The van der Waals surface area contributed by atoms with Crippen LogP contribution in [0.1, 0.15) is 23.7 Å². The van der Waals surface area contributed by atoms with Crippen molar-refractivity contribution in [2.75, 3.05) is 25.6 Å². The van der Waals surface area contributed by atoms with Gasteiger partial charge >= 0.3 is 0 Å². The van der Waals surface area contributed by atoms with Crippen LogP contribution in [0.4, 0.5) is 5.69 Å². The molecule has 2 amide bonds. The molecule has 2 N–H and O–H groups in total. The lowest BCUT2D eigenvalue weighted by molar-refractivity contribution is -0.117. The van der Waals surface area contributed by atoms with E-state index in [4.69, 9.17) is 9.47 Å². The van der Waals surface area contributed by atoms with E-state index in [1.54, 1.807) is 31.4 Å². The van der Waals surface area contributed by atoms with Gasteiger partial charge in [-0.2, -0.15) is 0 Å². The zero-order valence-corrected chi connectivity index (χ0v) is 15.5. The van der Waals surface area contributed by atoms with Crippen LogP contribution >= 0.6 is 0 Å². The van der Waals surface area contributed by atoms with Gasteiger partial charge in [-0.3, -0.25) is 9.59 Å². The second kappa shape index (κ2) is 8.58. The van der Waals surface area contributed by atoms with Crippen molar-refractivity contribution < 1.29 is 19.1 Å². The number of carbonyl (C=O) groups is 2. The summed E-state index contributed by atoms with van der Waals surface area (Å²) in [4.78, 5) is 24.3. The molecule has 0 aromatic heterocycles. The Kier molecular flexibility index (Phi) is 5.96. The van der Waals surface area contributed by atoms with Crippen LogP contribution in [0.15, 0.2) is 48.5 Å². The molecular weight excluding hydrogens is 344 g/mol. The van der Waals surface area contributed by atoms with E-state index < -0.39 is 0 Å². The molecule has 6 nitrogen and oxygen atoms in total. The number of benzene rings is 2. The molecule has 2 aromatic rings. The largest absolute Gasteiger partial charge is 0.493 e. The third-order valence-electron chi connectivity index (χ3n) is 4.55. The SMILES string of the molecule is COc1ccccc1OCCNC(=O)c1cccc(NC(=O)C2CC2C)c1. The van der Waals surface area contributed by atoms with Gasteiger partial charge in [-0.15, -0.1) is 0 Å². The van der Waals surface area contributed by atoms with Crippen molar-refractivity contribution in [2.24, 2.45) is 11.8 Å². The fourth-order valence-electron chi connectivity index (χ4n) is 2.83. The highest BCUT2D eigenvalue weighted by Crippen LogP contribution is 2.38. The van der Waals surface area contributed by atoms with Crippen LogP contribution in [0.3, 0.4) is 0 Å². The van der Waals surface area contributed by atoms with Gasteiger partial charge in [0.25, 0.3) is 5.91 Å². The number of anilines is 1. The zero-order valence-electron chi connectivity index (χ0n) is 15.5. The van der Waals surface area contributed by atoms with E-state index in [2.05, 4.69) is 17.6 Å². The van der Waals surface area contributed by atoms with Gasteiger partial charge in [0, 0.05) is 17.2 Å². The molecule has 1 saturated carbocycles. The topological polar surface area (TPSA) is 76.7 Å². The lowest BCUT2D eigenvalue weighted by Gasteiger charge is -2.11. The van der Waals surface area contributed by atoms with Crippen molar-refractivity contribution >= 4 is 17.5 Å². The number of nitrogens with one attached hydrogen (secondary N) is 2. The minimum absolute atomic E-state index is 0.0188. The molecule has 0 heterocycles. The lowest BCUT2D eigenvalue weighted by atomic mass is 10.2. The van der Waals surface area contributed by atoms with E-state index in [0.29, 0.717) is 41.8 Å². The monoisotopic (exact) mass is 368 g/mol. The Labute approximate surface area is 158 Å². The summed E-state index contributed by atoms with van der Waals surface area (Å²) < 4.78 is 10.9. The minimum atomic E-state index is -0.213. The molecule has 1 fully saturated rings. The Morgan fingerprint density at radius 3 is 2.56 bits per heavy atom. The van der Waals surface area contributed by atoms with Gasteiger partial charge in [0.15, 0.2) is 11.5 Å². The summed E-state index contributed by atoms with van der Waals surface area (Å²) in [7, 11) is 1.58. The van der Waals surface area contributed by atoms with Crippen molar-refractivity contribution in [3.8, 4) is 11.5 Å². The summed E-state index contributed by atoms with van der Waals surface area (Å²) >= 11 is 0. The van der Waals surface area contributed by atoms with Gasteiger partial charge in [0.05, 0.1) is 13.7 Å². The van der Waals surface area contributed by atoms with E-state index in [1.165, 1.54) is 0 Å². The molecular formula is C21H24N2O4. The van der Waals surface area contributed by atoms with Crippen molar-refractivity contribution in [3.63, 3.8) is 0 Å². The second-order valence-electron chi connectivity index (χ2n) is 6.64. The first-order valence-electron chi connectivity index (χ1n) is 9.03. The van der Waals surface area contributed by atoms with E-state index >= 15 is 0 Å². The predicted octanol–water partition coefficient (Wildman–Crippen LogP) is 3.10.